The molecule has 0 amide bonds. The molecule has 2 aromatic heterocycles. The van der Waals surface area contributed by atoms with Crippen molar-refractivity contribution in [2.24, 2.45) is 0 Å². The van der Waals surface area contributed by atoms with Crippen LogP contribution in [0.4, 0.5) is 19.0 Å². The number of alkyl halides is 3. The quantitative estimate of drug-likeness (QED) is 0.832. The average molecular weight is 239 g/mol. The van der Waals surface area contributed by atoms with E-state index in [4.69, 9.17) is 5.73 Å². The van der Waals surface area contributed by atoms with Crippen molar-refractivity contribution in [1.29, 1.82) is 0 Å². The van der Waals surface area contributed by atoms with Crippen LogP contribution in [0.2, 0.25) is 0 Å². The highest BCUT2D eigenvalue weighted by Crippen LogP contribution is 2.35. The van der Waals surface area contributed by atoms with Gasteiger partial charge in [-0.25, -0.2) is 4.98 Å². The highest BCUT2D eigenvalue weighted by atomic mass is 19.4. The van der Waals surface area contributed by atoms with E-state index in [-0.39, 0.29) is 11.5 Å². The lowest BCUT2D eigenvalue weighted by molar-refractivity contribution is -0.137. The Kier molecular flexibility index (Phi) is 2.71. The molecule has 0 unspecified atom stereocenters. The van der Waals surface area contributed by atoms with Gasteiger partial charge in [0.1, 0.15) is 5.82 Å². The standard InChI is InChI=1S/C11H8F3N3/c12-11(13,14)8-2-1-4-17-10(8)7-3-5-16-9(15)6-7/h1-6H,(H2,15,16). The molecule has 0 aliphatic rings. The summed E-state index contributed by atoms with van der Waals surface area (Å²) in [5.41, 5.74) is 4.80. The van der Waals surface area contributed by atoms with Gasteiger partial charge in [0.15, 0.2) is 0 Å². The first kappa shape index (κ1) is 11.4. The summed E-state index contributed by atoms with van der Waals surface area (Å²) in [5, 5.41) is 0. The lowest BCUT2D eigenvalue weighted by atomic mass is 10.1. The zero-order chi connectivity index (χ0) is 12.5. The first-order chi connectivity index (χ1) is 7.98. The Labute approximate surface area is 95.1 Å². The number of pyridine rings is 2. The second-order valence-electron chi connectivity index (χ2n) is 3.37. The molecule has 0 bridgehead atoms. The van der Waals surface area contributed by atoms with Gasteiger partial charge in [-0.3, -0.25) is 4.98 Å². The van der Waals surface area contributed by atoms with Crippen LogP contribution in [0, 0.1) is 0 Å². The second kappa shape index (κ2) is 4.04. The molecular weight excluding hydrogens is 231 g/mol. The fourth-order valence-corrected chi connectivity index (χ4v) is 1.46. The molecule has 0 aromatic carbocycles. The predicted octanol–water partition coefficient (Wildman–Crippen LogP) is 2.74. The number of halogens is 3. The molecule has 0 saturated heterocycles. The number of nitrogens with zero attached hydrogens (tertiary/aromatic N) is 2. The molecule has 0 atom stereocenters. The van der Waals surface area contributed by atoms with Crippen LogP contribution in [-0.2, 0) is 6.18 Å². The number of aromatic nitrogens is 2. The van der Waals surface area contributed by atoms with E-state index in [1.54, 1.807) is 0 Å². The van der Waals surface area contributed by atoms with Crippen molar-refractivity contribution in [3.63, 3.8) is 0 Å². The van der Waals surface area contributed by atoms with Crippen molar-refractivity contribution in [2.75, 3.05) is 5.73 Å². The molecule has 0 radical (unpaired) electrons. The SMILES string of the molecule is Nc1cc(-c2ncccc2C(F)(F)F)ccn1. The zero-order valence-corrected chi connectivity index (χ0v) is 8.57. The molecular formula is C11H8F3N3. The van der Waals surface area contributed by atoms with E-state index in [0.717, 1.165) is 6.07 Å². The number of hydrogen-bond acceptors (Lipinski definition) is 3. The number of anilines is 1. The Hall–Kier alpha value is -2.11. The van der Waals surface area contributed by atoms with Crippen LogP contribution >= 0.6 is 0 Å². The molecule has 2 N–H and O–H groups in total. The van der Waals surface area contributed by atoms with Crippen LogP contribution in [0.3, 0.4) is 0 Å². The van der Waals surface area contributed by atoms with Gasteiger partial charge in [0.25, 0.3) is 0 Å². The summed E-state index contributed by atoms with van der Waals surface area (Å²) in [7, 11) is 0. The first-order valence-electron chi connectivity index (χ1n) is 4.72. The van der Waals surface area contributed by atoms with E-state index >= 15 is 0 Å². The largest absolute Gasteiger partial charge is 0.418 e. The maximum absolute atomic E-state index is 12.7. The molecule has 0 aliphatic carbocycles. The fraction of sp³-hybridized carbons (Fsp3) is 0.0909. The van der Waals surface area contributed by atoms with Gasteiger partial charge in [-0.2, -0.15) is 13.2 Å². The summed E-state index contributed by atoms with van der Waals surface area (Å²) in [5.74, 6) is 0.154. The third kappa shape index (κ3) is 2.35. The van der Waals surface area contributed by atoms with E-state index in [1.807, 2.05) is 0 Å². The Bertz CT molecular complexity index is 537. The topological polar surface area (TPSA) is 51.8 Å². The first-order valence-corrected chi connectivity index (χ1v) is 4.72. The summed E-state index contributed by atoms with van der Waals surface area (Å²) < 4.78 is 38.2. The number of rotatable bonds is 1. The minimum atomic E-state index is -4.44. The number of hydrogen-bond donors (Lipinski definition) is 1. The van der Waals surface area contributed by atoms with Crippen molar-refractivity contribution >= 4 is 5.82 Å². The summed E-state index contributed by atoms with van der Waals surface area (Å²) >= 11 is 0. The van der Waals surface area contributed by atoms with E-state index in [1.165, 1.54) is 30.6 Å². The van der Waals surface area contributed by atoms with Crippen LogP contribution < -0.4 is 5.73 Å². The maximum atomic E-state index is 12.7. The molecule has 17 heavy (non-hydrogen) atoms. The lowest BCUT2D eigenvalue weighted by Crippen LogP contribution is -2.08. The Morgan fingerprint density at radius 2 is 1.82 bits per heavy atom. The van der Waals surface area contributed by atoms with Gasteiger partial charge in [-0.1, -0.05) is 0 Å². The smallest absolute Gasteiger partial charge is 0.384 e. The molecule has 0 fully saturated rings. The van der Waals surface area contributed by atoms with Gasteiger partial charge in [0, 0.05) is 18.0 Å². The fourth-order valence-electron chi connectivity index (χ4n) is 1.46. The van der Waals surface area contributed by atoms with E-state index in [9.17, 15) is 13.2 Å². The predicted molar refractivity (Wildman–Crippen MR) is 56.9 cm³/mol. The van der Waals surface area contributed by atoms with Crippen molar-refractivity contribution < 1.29 is 13.2 Å². The van der Waals surface area contributed by atoms with Crippen molar-refractivity contribution in [2.45, 2.75) is 6.18 Å². The van der Waals surface area contributed by atoms with E-state index in [2.05, 4.69) is 9.97 Å². The molecule has 2 rings (SSSR count). The molecule has 0 saturated carbocycles. The lowest BCUT2D eigenvalue weighted by Gasteiger charge is -2.11. The van der Waals surface area contributed by atoms with Crippen LogP contribution in [0.15, 0.2) is 36.7 Å². The van der Waals surface area contributed by atoms with Gasteiger partial charge in [-0.05, 0) is 24.3 Å². The summed E-state index contributed by atoms with van der Waals surface area (Å²) in [6.45, 7) is 0. The summed E-state index contributed by atoms with van der Waals surface area (Å²) in [6.07, 6.45) is -1.79. The minimum absolute atomic E-state index is 0.144. The summed E-state index contributed by atoms with van der Waals surface area (Å²) in [4.78, 5) is 7.48. The molecule has 0 aliphatic heterocycles. The molecule has 88 valence electrons. The minimum Gasteiger partial charge on any atom is -0.384 e. The van der Waals surface area contributed by atoms with Crippen LogP contribution in [-0.4, -0.2) is 9.97 Å². The van der Waals surface area contributed by atoms with Crippen LogP contribution in [0.1, 0.15) is 5.56 Å². The van der Waals surface area contributed by atoms with Gasteiger partial charge >= 0.3 is 6.18 Å². The van der Waals surface area contributed by atoms with E-state index < -0.39 is 11.7 Å². The van der Waals surface area contributed by atoms with Crippen molar-refractivity contribution in [3.8, 4) is 11.3 Å². The van der Waals surface area contributed by atoms with Gasteiger partial charge in [-0.15, -0.1) is 0 Å². The zero-order valence-electron chi connectivity index (χ0n) is 8.57. The van der Waals surface area contributed by atoms with Gasteiger partial charge < -0.3 is 5.73 Å². The number of nitrogens with two attached hydrogens (primary N) is 1. The normalized spacial score (nSPS) is 11.5. The molecule has 0 spiro atoms. The summed E-state index contributed by atoms with van der Waals surface area (Å²) in [6, 6.07) is 5.03. The molecule has 2 heterocycles. The third-order valence-corrected chi connectivity index (χ3v) is 2.17. The van der Waals surface area contributed by atoms with Crippen molar-refractivity contribution in [1.82, 2.24) is 9.97 Å². The van der Waals surface area contributed by atoms with Gasteiger partial charge in [0.05, 0.1) is 11.3 Å². The van der Waals surface area contributed by atoms with Crippen LogP contribution in [0.5, 0.6) is 0 Å². The monoisotopic (exact) mass is 239 g/mol. The number of nitrogen functional groups attached to an aromatic ring is 1. The highest BCUT2D eigenvalue weighted by Gasteiger charge is 2.34. The van der Waals surface area contributed by atoms with Crippen LogP contribution in [0.25, 0.3) is 11.3 Å². The second-order valence-corrected chi connectivity index (χ2v) is 3.37. The Morgan fingerprint density at radius 1 is 1.06 bits per heavy atom. The highest BCUT2D eigenvalue weighted by molar-refractivity contribution is 5.65. The Morgan fingerprint density at radius 3 is 2.47 bits per heavy atom. The average Bonchev–Trinajstić information content (AvgIpc) is 2.28. The van der Waals surface area contributed by atoms with Gasteiger partial charge in [0.2, 0.25) is 0 Å². The van der Waals surface area contributed by atoms with Crippen molar-refractivity contribution in [3.05, 3.63) is 42.2 Å². The molecule has 6 heteroatoms. The van der Waals surface area contributed by atoms with E-state index in [0.29, 0.717) is 5.56 Å². The third-order valence-electron chi connectivity index (χ3n) is 2.17. The maximum Gasteiger partial charge on any atom is 0.418 e. The molecule has 2 aromatic rings. The molecule has 3 nitrogen and oxygen atoms in total. The Balaban J connectivity index is 2.60.